The molecule has 6 aromatic heterocycles. The van der Waals surface area contributed by atoms with Crippen LogP contribution >= 0.6 is 0 Å². The zero-order valence-corrected chi connectivity index (χ0v) is 26.3. The minimum absolute atomic E-state index is 0.599. The second kappa shape index (κ2) is 8.56. The first-order valence-electron chi connectivity index (χ1n) is 16.8. The van der Waals surface area contributed by atoms with Gasteiger partial charge in [-0.25, -0.2) is 9.97 Å². The highest BCUT2D eigenvalue weighted by atomic mass is 16.3. The quantitative estimate of drug-likeness (QED) is 0.189. The van der Waals surface area contributed by atoms with Gasteiger partial charge in [0.1, 0.15) is 28.0 Å². The molecule has 0 spiro atoms. The third-order valence-corrected chi connectivity index (χ3v) is 10.9. The van der Waals surface area contributed by atoms with Crippen molar-refractivity contribution in [3.63, 3.8) is 0 Å². The Morgan fingerprint density at radius 2 is 1.16 bits per heavy atom. The molecule has 13 rings (SSSR count). The molecule has 0 atom stereocenters. The van der Waals surface area contributed by atoms with Crippen molar-refractivity contribution in [2.75, 3.05) is 0 Å². The van der Waals surface area contributed by atoms with Gasteiger partial charge >= 0.3 is 0 Å². The van der Waals surface area contributed by atoms with Crippen LogP contribution in [0.25, 0.3) is 121 Å². The molecule has 0 fully saturated rings. The minimum atomic E-state index is 0.599. The molecule has 0 saturated heterocycles. The Labute approximate surface area is 281 Å². The Bertz CT molecular complexity index is 3550. The van der Waals surface area contributed by atoms with Gasteiger partial charge in [-0.05, 0) is 59.3 Å². The average molecular weight is 639 g/mol. The van der Waals surface area contributed by atoms with E-state index in [1.807, 2.05) is 18.2 Å². The van der Waals surface area contributed by atoms with E-state index in [1.54, 1.807) is 0 Å². The molecule has 50 heavy (non-hydrogen) atoms. The number of hydrogen-bond acceptors (Lipinski definition) is 4. The largest absolute Gasteiger partial charge is 0.456 e. The summed E-state index contributed by atoms with van der Waals surface area (Å²) in [6.45, 7) is 0. The summed E-state index contributed by atoms with van der Waals surface area (Å²) in [6, 6.07) is 46.8. The summed E-state index contributed by atoms with van der Waals surface area (Å²) < 4.78 is 17.8. The van der Waals surface area contributed by atoms with E-state index >= 15 is 0 Å². The lowest BCUT2D eigenvalue weighted by Crippen LogP contribution is -2.03. The van der Waals surface area contributed by atoms with Crippen molar-refractivity contribution >= 4 is 104 Å². The van der Waals surface area contributed by atoms with Crippen LogP contribution in [0.3, 0.4) is 0 Å². The fourth-order valence-electron chi connectivity index (χ4n) is 8.87. The van der Waals surface area contributed by atoms with Gasteiger partial charge in [0.15, 0.2) is 5.58 Å². The van der Waals surface area contributed by atoms with Crippen molar-refractivity contribution in [3.05, 3.63) is 133 Å². The van der Waals surface area contributed by atoms with E-state index in [9.17, 15) is 0 Å². The Kier molecular flexibility index (Phi) is 4.30. The lowest BCUT2D eigenvalue weighted by atomic mass is 10.0. The summed E-state index contributed by atoms with van der Waals surface area (Å²) in [7, 11) is 0. The number of fused-ring (bicyclic) bond motifs is 8. The number of aromatic nitrogens is 4. The third-order valence-electron chi connectivity index (χ3n) is 10.9. The van der Waals surface area contributed by atoms with Gasteiger partial charge in [-0.2, -0.15) is 0 Å². The molecule has 0 aliphatic rings. The molecule has 13 aromatic rings. The molecule has 0 bridgehead atoms. The number of hydrogen-bond donors (Lipinski definition) is 0. The minimum Gasteiger partial charge on any atom is -0.456 e. The number of benzene rings is 7. The molecule has 0 aliphatic heterocycles. The molecule has 0 aliphatic carbocycles. The van der Waals surface area contributed by atoms with Crippen LogP contribution < -0.4 is 0 Å². The lowest BCUT2D eigenvalue weighted by molar-refractivity contribution is 0.666. The smallest absolute Gasteiger partial charge is 0.236 e. The first-order chi connectivity index (χ1) is 24.8. The van der Waals surface area contributed by atoms with Crippen LogP contribution in [0.5, 0.6) is 0 Å². The summed E-state index contributed by atoms with van der Waals surface area (Å²) in [5, 5.41) is 10.2. The Morgan fingerprint density at radius 1 is 0.440 bits per heavy atom. The highest BCUT2D eigenvalue weighted by Gasteiger charge is 2.28. The molecule has 7 aromatic carbocycles. The van der Waals surface area contributed by atoms with Gasteiger partial charge in [-0.3, -0.25) is 4.57 Å². The van der Waals surface area contributed by atoms with Crippen LogP contribution in [0.4, 0.5) is 0 Å². The maximum Gasteiger partial charge on any atom is 0.236 e. The predicted octanol–water partition coefficient (Wildman–Crippen LogP) is 11.6. The molecule has 6 heteroatoms. The van der Waals surface area contributed by atoms with Gasteiger partial charge in [0.25, 0.3) is 0 Å². The first-order valence-corrected chi connectivity index (χ1v) is 16.8. The van der Waals surface area contributed by atoms with Crippen molar-refractivity contribution in [1.82, 2.24) is 18.9 Å². The van der Waals surface area contributed by atoms with Crippen molar-refractivity contribution in [2.24, 2.45) is 0 Å². The van der Waals surface area contributed by atoms with E-state index in [0.717, 1.165) is 82.4 Å². The fourth-order valence-corrected chi connectivity index (χ4v) is 8.87. The standard InChI is InChI=1S/C44H22N4O2/c1-2-11-24-23(9-1)10-7-14-26(24)40-43-41(28-13-4-6-17-33(28)50-43)46-44(45-40)48-31-21-22-35-39-36-30(16-8-18-34(36)49-35)47-29-15-5-3-12-25(29)27-19-20-32(48)38(37(31)39)42(27)47/h1-22H. The Hall–Kier alpha value is -6.92. The van der Waals surface area contributed by atoms with E-state index in [0.29, 0.717) is 11.5 Å². The van der Waals surface area contributed by atoms with Crippen molar-refractivity contribution in [2.45, 2.75) is 0 Å². The number of rotatable bonds is 2. The second-order valence-corrected chi connectivity index (χ2v) is 13.3. The van der Waals surface area contributed by atoms with Crippen molar-refractivity contribution in [1.29, 1.82) is 0 Å². The van der Waals surface area contributed by atoms with Crippen LogP contribution in [-0.4, -0.2) is 18.9 Å². The van der Waals surface area contributed by atoms with E-state index in [1.165, 1.54) is 27.2 Å². The van der Waals surface area contributed by atoms with Gasteiger partial charge in [0.2, 0.25) is 5.95 Å². The van der Waals surface area contributed by atoms with Gasteiger partial charge in [-0.15, -0.1) is 0 Å². The SMILES string of the molecule is c1ccc2c(-c3nc(-n4c5ccc6oc7cccc8c7c6c5c5c4ccc4c6ccccc6n8c45)nc4c3oc3ccccc34)cccc2c1. The maximum atomic E-state index is 6.58. The predicted molar refractivity (Wildman–Crippen MR) is 202 cm³/mol. The van der Waals surface area contributed by atoms with Gasteiger partial charge in [0, 0.05) is 37.9 Å². The van der Waals surface area contributed by atoms with Crippen LogP contribution in [0.1, 0.15) is 0 Å². The summed E-state index contributed by atoms with van der Waals surface area (Å²) in [5.74, 6) is 0.599. The second-order valence-electron chi connectivity index (χ2n) is 13.3. The van der Waals surface area contributed by atoms with Crippen LogP contribution in [0.2, 0.25) is 0 Å². The number of para-hydroxylation sites is 2. The van der Waals surface area contributed by atoms with Crippen molar-refractivity contribution in [3.8, 4) is 17.2 Å². The molecule has 6 nitrogen and oxygen atoms in total. The summed E-state index contributed by atoms with van der Waals surface area (Å²) in [6.07, 6.45) is 0. The first kappa shape index (κ1) is 25.1. The molecule has 6 heterocycles. The maximum absolute atomic E-state index is 6.58. The zero-order valence-electron chi connectivity index (χ0n) is 26.3. The molecular weight excluding hydrogens is 617 g/mol. The lowest BCUT2D eigenvalue weighted by Gasteiger charge is -2.11. The number of nitrogens with zero attached hydrogens (tertiary/aromatic N) is 4. The van der Waals surface area contributed by atoms with E-state index in [4.69, 9.17) is 18.8 Å². The van der Waals surface area contributed by atoms with Crippen LogP contribution in [0, 0.1) is 0 Å². The summed E-state index contributed by atoms with van der Waals surface area (Å²) in [4.78, 5) is 10.8. The Balaban J connectivity index is 1.27. The molecule has 0 unspecified atom stereocenters. The summed E-state index contributed by atoms with van der Waals surface area (Å²) in [5.41, 5.74) is 11.4. The topological polar surface area (TPSA) is 61.4 Å². The zero-order chi connectivity index (χ0) is 32.2. The molecule has 0 radical (unpaired) electrons. The Morgan fingerprint density at radius 3 is 2.12 bits per heavy atom. The average Bonchev–Trinajstić information content (AvgIpc) is 3.89. The van der Waals surface area contributed by atoms with Gasteiger partial charge < -0.3 is 13.2 Å². The molecule has 0 N–H and O–H groups in total. The van der Waals surface area contributed by atoms with E-state index in [-0.39, 0.29) is 0 Å². The third kappa shape index (κ3) is 2.85. The highest BCUT2D eigenvalue weighted by molar-refractivity contribution is 6.37. The molecule has 0 saturated carbocycles. The van der Waals surface area contributed by atoms with Gasteiger partial charge in [0.05, 0.1) is 33.0 Å². The van der Waals surface area contributed by atoms with Gasteiger partial charge in [-0.1, -0.05) is 84.9 Å². The molecular formula is C44H22N4O2. The molecule has 0 amide bonds. The van der Waals surface area contributed by atoms with Crippen LogP contribution in [0.15, 0.2) is 142 Å². The molecule has 230 valence electrons. The fraction of sp³-hybridized carbons (Fsp3) is 0. The number of furan rings is 2. The normalized spacial score (nSPS) is 12.8. The summed E-state index contributed by atoms with van der Waals surface area (Å²) >= 11 is 0. The van der Waals surface area contributed by atoms with E-state index in [2.05, 4.69) is 124 Å². The van der Waals surface area contributed by atoms with Crippen molar-refractivity contribution < 1.29 is 8.83 Å². The highest BCUT2D eigenvalue weighted by Crippen LogP contribution is 2.48. The van der Waals surface area contributed by atoms with Crippen LogP contribution in [-0.2, 0) is 0 Å². The van der Waals surface area contributed by atoms with E-state index < -0.39 is 0 Å². The monoisotopic (exact) mass is 638 g/mol.